The molecule has 1 aromatic carbocycles. The summed E-state index contributed by atoms with van der Waals surface area (Å²) in [6.07, 6.45) is 0.438. The molecular weight excluding hydrogens is 291 g/mol. The highest BCUT2D eigenvalue weighted by Gasteiger charge is 2.38. The van der Waals surface area contributed by atoms with Crippen LogP contribution >= 0.6 is 0 Å². The van der Waals surface area contributed by atoms with E-state index in [0.717, 1.165) is 18.5 Å². The Morgan fingerprint density at radius 3 is 2.55 bits per heavy atom. The Bertz CT molecular complexity index is 522. The van der Waals surface area contributed by atoms with Crippen molar-refractivity contribution in [3.8, 4) is 0 Å². The number of benzene rings is 1. The third-order valence-corrected chi connectivity index (χ3v) is 3.59. The Hall–Kier alpha value is -1.75. The summed E-state index contributed by atoms with van der Waals surface area (Å²) in [6.45, 7) is 0.766. The van der Waals surface area contributed by atoms with Gasteiger partial charge in [-0.25, -0.2) is 0 Å². The third-order valence-electron chi connectivity index (χ3n) is 3.59. The molecule has 0 spiro atoms. The van der Waals surface area contributed by atoms with Crippen LogP contribution in [0.4, 0.5) is 13.2 Å². The normalized spacial score (nSPS) is 19.6. The summed E-state index contributed by atoms with van der Waals surface area (Å²) in [5.74, 6) is -0.905. The molecule has 0 fully saturated rings. The van der Waals surface area contributed by atoms with Gasteiger partial charge < -0.3 is 10.1 Å². The second-order valence-electron chi connectivity index (χ2n) is 5.26. The van der Waals surface area contributed by atoms with Gasteiger partial charge in [-0.05, 0) is 37.7 Å². The first-order valence-corrected chi connectivity index (χ1v) is 7.32. The van der Waals surface area contributed by atoms with E-state index in [2.05, 4.69) is 5.32 Å². The van der Waals surface area contributed by atoms with E-state index in [1.165, 1.54) is 18.2 Å². The minimum absolute atomic E-state index is 0.0666. The summed E-state index contributed by atoms with van der Waals surface area (Å²) >= 11 is 0. The van der Waals surface area contributed by atoms with Crippen LogP contribution in [0.25, 0.3) is 0 Å². The lowest BCUT2D eigenvalue weighted by Gasteiger charge is -2.24. The van der Waals surface area contributed by atoms with Crippen molar-refractivity contribution < 1.29 is 17.9 Å². The molecule has 1 aromatic rings. The van der Waals surface area contributed by atoms with Crippen molar-refractivity contribution in [2.75, 3.05) is 13.6 Å². The highest BCUT2D eigenvalue weighted by molar-refractivity contribution is 5.22. The molecule has 5 heteroatoms. The summed E-state index contributed by atoms with van der Waals surface area (Å²) in [5, 5.41) is 3.07. The van der Waals surface area contributed by atoms with Crippen molar-refractivity contribution >= 4 is 0 Å². The van der Waals surface area contributed by atoms with Gasteiger partial charge in [0, 0.05) is 6.42 Å². The van der Waals surface area contributed by atoms with Gasteiger partial charge in [0.25, 0.3) is 0 Å². The van der Waals surface area contributed by atoms with E-state index >= 15 is 0 Å². The zero-order valence-corrected chi connectivity index (χ0v) is 12.4. The topological polar surface area (TPSA) is 21.3 Å². The van der Waals surface area contributed by atoms with Gasteiger partial charge in [0.1, 0.15) is 11.9 Å². The van der Waals surface area contributed by atoms with E-state index in [0.29, 0.717) is 5.76 Å². The average Bonchev–Trinajstić information content (AvgIpc) is 2.52. The molecule has 0 aromatic heterocycles. The van der Waals surface area contributed by atoms with Crippen LogP contribution < -0.4 is 5.32 Å². The van der Waals surface area contributed by atoms with E-state index in [9.17, 15) is 13.2 Å². The van der Waals surface area contributed by atoms with Crippen LogP contribution in [0.2, 0.25) is 0 Å². The largest absolute Gasteiger partial charge is 0.486 e. The Balaban J connectivity index is 2.03. The molecule has 0 bridgehead atoms. The van der Waals surface area contributed by atoms with Crippen LogP contribution in [0.1, 0.15) is 24.5 Å². The first-order valence-electron chi connectivity index (χ1n) is 7.32. The highest BCUT2D eigenvalue weighted by atomic mass is 19.4. The fourth-order valence-corrected chi connectivity index (χ4v) is 2.33. The van der Waals surface area contributed by atoms with Gasteiger partial charge in [-0.2, -0.15) is 13.2 Å². The van der Waals surface area contributed by atoms with Crippen LogP contribution in [0.5, 0.6) is 0 Å². The summed E-state index contributed by atoms with van der Waals surface area (Å²) in [7, 11) is 1.86. The molecule has 2 unspecified atom stereocenters. The lowest BCUT2D eigenvalue weighted by molar-refractivity contribution is -0.160. The van der Waals surface area contributed by atoms with Gasteiger partial charge >= 0.3 is 6.18 Å². The number of ether oxygens (including phenoxy) is 1. The molecule has 0 saturated carbocycles. The Kier molecular flexibility index (Phi) is 5.66. The van der Waals surface area contributed by atoms with E-state index in [1.807, 2.05) is 37.4 Å². The van der Waals surface area contributed by atoms with E-state index < -0.39 is 12.1 Å². The van der Waals surface area contributed by atoms with Crippen LogP contribution in [-0.2, 0) is 4.74 Å². The molecule has 120 valence electrons. The SMILES string of the molecule is CNCCC(OC1=CCC(C(F)(F)F)C=C1)c1ccccc1. The molecular formula is C17H20F3NO. The van der Waals surface area contributed by atoms with Gasteiger partial charge in [-0.3, -0.25) is 0 Å². The predicted octanol–water partition coefficient (Wildman–Crippen LogP) is 4.38. The van der Waals surface area contributed by atoms with Gasteiger partial charge in [0.05, 0.1) is 5.92 Å². The molecule has 2 rings (SSSR count). The van der Waals surface area contributed by atoms with Crippen LogP contribution in [0, 0.1) is 5.92 Å². The summed E-state index contributed by atoms with van der Waals surface area (Å²) in [6, 6.07) is 9.70. The van der Waals surface area contributed by atoms with Crippen LogP contribution in [0.3, 0.4) is 0 Å². The van der Waals surface area contributed by atoms with Crippen molar-refractivity contribution in [1.82, 2.24) is 5.32 Å². The molecule has 0 aliphatic heterocycles. The number of hydrogen-bond donors (Lipinski definition) is 1. The molecule has 2 atom stereocenters. The molecule has 1 aliphatic carbocycles. The minimum Gasteiger partial charge on any atom is -0.486 e. The smallest absolute Gasteiger partial charge is 0.395 e. The quantitative estimate of drug-likeness (QED) is 0.842. The fraction of sp³-hybridized carbons (Fsp3) is 0.412. The number of allylic oxidation sites excluding steroid dienone is 3. The average molecular weight is 311 g/mol. The lowest BCUT2D eigenvalue weighted by Crippen LogP contribution is -2.22. The minimum atomic E-state index is -4.19. The third kappa shape index (κ3) is 4.63. The molecule has 0 radical (unpaired) electrons. The Morgan fingerprint density at radius 1 is 1.27 bits per heavy atom. The Morgan fingerprint density at radius 2 is 2.00 bits per heavy atom. The van der Waals surface area contributed by atoms with E-state index in [1.54, 1.807) is 0 Å². The standard InChI is InChI=1S/C17H20F3NO/c1-21-12-11-16(13-5-3-2-4-6-13)22-15-9-7-14(8-10-15)17(18,19)20/h2-7,9-10,14,16,21H,8,11-12H2,1H3. The number of nitrogens with one attached hydrogen (secondary N) is 1. The zero-order valence-electron chi connectivity index (χ0n) is 12.4. The van der Waals surface area contributed by atoms with Crippen molar-refractivity contribution in [2.45, 2.75) is 25.1 Å². The molecule has 0 heterocycles. The van der Waals surface area contributed by atoms with Crippen LogP contribution in [0.15, 0.2) is 54.3 Å². The van der Waals surface area contributed by atoms with Crippen molar-refractivity contribution in [2.24, 2.45) is 5.92 Å². The summed E-state index contributed by atoms with van der Waals surface area (Å²) < 4.78 is 43.8. The molecule has 1 aliphatic rings. The van der Waals surface area contributed by atoms with E-state index in [4.69, 9.17) is 4.74 Å². The second-order valence-corrected chi connectivity index (χ2v) is 5.26. The number of alkyl halides is 3. The molecule has 0 saturated heterocycles. The monoisotopic (exact) mass is 311 g/mol. The van der Waals surface area contributed by atoms with Crippen molar-refractivity contribution in [1.29, 1.82) is 0 Å². The van der Waals surface area contributed by atoms with Gasteiger partial charge in [-0.15, -0.1) is 0 Å². The summed E-state index contributed by atoms with van der Waals surface area (Å²) in [5.41, 5.74) is 1.02. The van der Waals surface area contributed by atoms with E-state index in [-0.39, 0.29) is 12.5 Å². The number of hydrogen-bond acceptors (Lipinski definition) is 2. The first kappa shape index (κ1) is 16.6. The molecule has 0 amide bonds. The second kappa shape index (κ2) is 7.49. The van der Waals surface area contributed by atoms with Gasteiger partial charge in [-0.1, -0.05) is 36.4 Å². The summed E-state index contributed by atoms with van der Waals surface area (Å²) in [4.78, 5) is 0. The molecule has 22 heavy (non-hydrogen) atoms. The maximum Gasteiger partial charge on any atom is 0.395 e. The molecule has 2 nitrogen and oxygen atoms in total. The predicted molar refractivity (Wildman–Crippen MR) is 80.2 cm³/mol. The lowest BCUT2D eigenvalue weighted by atomic mass is 9.99. The van der Waals surface area contributed by atoms with Crippen LogP contribution in [-0.4, -0.2) is 19.8 Å². The first-order chi connectivity index (χ1) is 10.5. The number of halogens is 3. The van der Waals surface area contributed by atoms with Gasteiger partial charge in [0.15, 0.2) is 0 Å². The van der Waals surface area contributed by atoms with Gasteiger partial charge in [0.2, 0.25) is 0 Å². The zero-order chi connectivity index (χ0) is 16.0. The maximum absolute atomic E-state index is 12.6. The van der Waals surface area contributed by atoms with Crippen molar-refractivity contribution in [3.63, 3.8) is 0 Å². The highest BCUT2D eigenvalue weighted by Crippen LogP contribution is 2.34. The number of rotatable bonds is 6. The molecule has 1 N–H and O–H groups in total. The fourth-order valence-electron chi connectivity index (χ4n) is 2.33. The Labute approximate surface area is 128 Å². The maximum atomic E-state index is 12.6. The van der Waals surface area contributed by atoms with Crippen molar-refractivity contribution in [3.05, 3.63) is 59.9 Å².